The molecule has 1 amide bonds. The van der Waals surface area contributed by atoms with Crippen molar-refractivity contribution in [2.45, 2.75) is 27.3 Å². The lowest BCUT2D eigenvalue weighted by Crippen LogP contribution is -2.28. The van der Waals surface area contributed by atoms with Gasteiger partial charge in [-0.1, -0.05) is 30.3 Å². The van der Waals surface area contributed by atoms with Crippen LogP contribution < -0.4 is 0 Å². The van der Waals surface area contributed by atoms with E-state index in [0.29, 0.717) is 22.3 Å². The van der Waals surface area contributed by atoms with Crippen LogP contribution in [0.3, 0.4) is 0 Å². The van der Waals surface area contributed by atoms with Crippen molar-refractivity contribution in [2.75, 3.05) is 6.54 Å². The van der Waals surface area contributed by atoms with Crippen LogP contribution in [0.1, 0.15) is 29.4 Å². The number of benzene rings is 2. The number of amides is 1. The number of amidine groups is 1. The monoisotopic (exact) mass is 433 g/mol. The van der Waals surface area contributed by atoms with E-state index in [9.17, 15) is 9.18 Å². The number of carbonyl (C=O) groups is 1. The van der Waals surface area contributed by atoms with Crippen molar-refractivity contribution in [3.63, 3.8) is 0 Å². The zero-order valence-corrected chi connectivity index (χ0v) is 18.6. The van der Waals surface area contributed by atoms with Crippen molar-refractivity contribution >= 4 is 34.6 Å². The highest BCUT2D eigenvalue weighted by atomic mass is 32.2. The molecule has 1 aliphatic heterocycles. The Morgan fingerprint density at radius 3 is 2.45 bits per heavy atom. The molecule has 2 heterocycles. The number of aromatic nitrogens is 1. The molecule has 0 N–H and O–H groups in total. The van der Waals surface area contributed by atoms with Crippen LogP contribution in [0.15, 0.2) is 70.6 Å². The number of rotatable bonds is 5. The van der Waals surface area contributed by atoms with E-state index in [4.69, 9.17) is 0 Å². The maximum atomic E-state index is 13.2. The van der Waals surface area contributed by atoms with Crippen LogP contribution in [0.25, 0.3) is 6.08 Å². The Balaban J connectivity index is 1.63. The number of aryl methyl sites for hydroxylation is 1. The van der Waals surface area contributed by atoms with Gasteiger partial charge in [-0.15, -0.1) is 0 Å². The molecule has 0 atom stereocenters. The predicted octanol–water partition coefficient (Wildman–Crippen LogP) is 5.92. The van der Waals surface area contributed by atoms with Crippen molar-refractivity contribution in [1.29, 1.82) is 0 Å². The van der Waals surface area contributed by atoms with Gasteiger partial charge < -0.3 is 4.57 Å². The molecule has 31 heavy (non-hydrogen) atoms. The van der Waals surface area contributed by atoms with Crippen LogP contribution >= 0.6 is 11.8 Å². The van der Waals surface area contributed by atoms with Crippen LogP contribution in [0.4, 0.5) is 10.1 Å². The van der Waals surface area contributed by atoms with Crippen molar-refractivity contribution in [2.24, 2.45) is 4.99 Å². The van der Waals surface area contributed by atoms with Gasteiger partial charge in [0.25, 0.3) is 5.91 Å². The molecule has 0 aliphatic carbocycles. The number of nitrogens with zero attached hydrogens (tertiary/aromatic N) is 3. The molecule has 0 saturated carbocycles. The molecule has 4 nitrogen and oxygen atoms in total. The predicted molar refractivity (Wildman–Crippen MR) is 126 cm³/mol. The van der Waals surface area contributed by atoms with E-state index in [1.807, 2.05) is 31.2 Å². The van der Waals surface area contributed by atoms with Gasteiger partial charge in [0.1, 0.15) is 5.82 Å². The van der Waals surface area contributed by atoms with Crippen LogP contribution in [0.2, 0.25) is 0 Å². The number of carbonyl (C=O) groups excluding carboxylic acids is 1. The second kappa shape index (κ2) is 8.94. The minimum atomic E-state index is -0.308. The summed E-state index contributed by atoms with van der Waals surface area (Å²) in [5.74, 6) is -0.362. The fraction of sp³-hybridized carbons (Fsp3) is 0.200. The first-order valence-electron chi connectivity index (χ1n) is 10.2. The molecule has 2 aromatic carbocycles. The molecule has 1 aromatic heterocycles. The Hall–Kier alpha value is -3.12. The normalized spacial score (nSPS) is 16.6. The van der Waals surface area contributed by atoms with E-state index in [1.165, 1.54) is 29.5 Å². The SMILES string of the molecule is CCN1C(=O)/C(=C\c2cc(C)n(Cc3ccccc3)c2C)SC1=Nc1ccc(F)cc1. The molecule has 0 bridgehead atoms. The third-order valence-electron chi connectivity index (χ3n) is 5.34. The van der Waals surface area contributed by atoms with Gasteiger partial charge in [0.05, 0.1) is 10.6 Å². The molecular formula is C25H24FN3OS. The third-order valence-corrected chi connectivity index (χ3v) is 6.35. The number of aliphatic imine (C=N–C) groups is 1. The van der Waals surface area contributed by atoms with Crippen molar-refractivity contribution in [1.82, 2.24) is 9.47 Å². The Kier molecular flexibility index (Phi) is 6.09. The molecule has 0 spiro atoms. The van der Waals surface area contributed by atoms with Crippen LogP contribution in [-0.4, -0.2) is 27.1 Å². The quantitative estimate of drug-likeness (QED) is 0.469. The highest BCUT2D eigenvalue weighted by Crippen LogP contribution is 2.35. The Morgan fingerprint density at radius 2 is 1.77 bits per heavy atom. The highest BCUT2D eigenvalue weighted by molar-refractivity contribution is 8.18. The van der Waals surface area contributed by atoms with Crippen molar-refractivity contribution in [3.8, 4) is 0 Å². The number of hydrogen-bond acceptors (Lipinski definition) is 3. The topological polar surface area (TPSA) is 37.6 Å². The van der Waals surface area contributed by atoms with E-state index in [2.05, 4.69) is 41.6 Å². The molecule has 3 aromatic rings. The van der Waals surface area contributed by atoms with Crippen molar-refractivity contribution in [3.05, 3.63) is 93.9 Å². The minimum absolute atomic E-state index is 0.0544. The van der Waals surface area contributed by atoms with Gasteiger partial charge >= 0.3 is 0 Å². The summed E-state index contributed by atoms with van der Waals surface area (Å²) in [4.78, 5) is 19.8. The lowest BCUT2D eigenvalue weighted by Gasteiger charge is -2.12. The summed E-state index contributed by atoms with van der Waals surface area (Å²) in [6.45, 7) is 7.41. The lowest BCUT2D eigenvalue weighted by molar-refractivity contribution is -0.122. The fourth-order valence-electron chi connectivity index (χ4n) is 3.62. The summed E-state index contributed by atoms with van der Waals surface area (Å²) in [5.41, 5.74) is 5.16. The van der Waals surface area contributed by atoms with E-state index in [0.717, 1.165) is 23.5 Å². The summed E-state index contributed by atoms with van der Waals surface area (Å²) >= 11 is 1.36. The molecule has 0 unspecified atom stereocenters. The van der Waals surface area contributed by atoms with E-state index >= 15 is 0 Å². The first-order valence-corrected chi connectivity index (χ1v) is 11.0. The van der Waals surface area contributed by atoms with E-state index < -0.39 is 0 Å². The lowest BCUT2D eigenvalue weighted by atomic mass is 10.2. The van der Waals surface area contributed by atoms with Crippen LogP contribution in [0, 0.1) is 19.7 Å². The van der Waals surface area contributed by atoms with Crippen LogP contribution in [-0.2, 0) is 11.3 Å². The molecule has 6 heteroatoms. The van der Waals surface area contributed by atoms with Crippen LogP contribution in [0.5, 0.6) is 0 Å². The van der Waals surface area contributed by atoms with E-state index in [1.54, 1.807) is 17.0 Å². The zero-order valence-electron chi connectivity index (χ0n) is 17.8. The van der Waals surface area contributed by atoms with Gasteiger partial charge in [-0.25, -0.2) is 9.38 Å². The van der Waals surface area contributed by atoms with Gasteiger partial charge in [-0.05, 0) is 80.1 Å². The molecule has 1 aliphatic rings. The molecular weight excluding hydrogens is 409 g/mol. The summed E-state index contributed by atoms with van der Waals surface area (Å²) in [7, 11) is 0. The summed E-state index contributed by atoms with van der Waals surface area (Å²) in [6, 6.07) is 18.4. The summed E-state index contributed by atoms with van der Waals surface area (Å²) in [6.07, 6.45) is 1.95. The Morgan fingerprint density at radius 1 is 1.06 bits per heavy atom. The Labute approximate surface area is 186 Å². The Bertz CT molecular complexity index is 1160. The zero-order chi connectivity index (χ0) is 22.0. The van der Waals surface area contributed by atoms with Gasteiger partial charge in [0.2, 0.25) is 0 Å². The maximum absolute atomic E-state index is 13.2. The molecule has 0 radical (unpaired) electrons. The van der Waals surface area contributed by atoms with Crippen molar-refractivity contribution < 1.29 is 9.18 Å². The van der Waals surface area contributed by atoms with Gasteiger partial charge in [-0.2, -0.15) is 0 Å². The highest BCUT2D eigenvalue weighted by Gasteiger charge is 2.32. The standard InChI is InChI=1S/C25H24FN3OS/c1-4-28-24(30)23(31-25(28)27-22-12-10-21(26)11-13-22)15-20-14-17(2)29(18(20)3)16-19-8-6-5-7-9-19/h5-15H,4,16H2,1-3H3/b23-15+,27-25?. The number of thioether (sulfide) groups is 1. The average molecular weight is 434 g/mol. The molecule has 1 fully saturated rings. The smallest absolute Gasteiger partial charge is 0.266 e. The first-order chi connectivity index (χ1) is 15.0. The second-order valence-corrected chi connectivity index (χ2v) is 8.44. The number of likely N-dealkylation sites (N-methyl/N-ethyl adjacent to an activating group) is 1. The van der Waals surface area contributed by atoms with Gasteiger partial charge in [0.15, 0.2) is 5.17 Å². The van der Waals surface area contributed by atoms with E-state index in [-0.39, 0.29) is 11.7 Å². The average Bonchev–Trinajstić information content (AvgIpc) is 3.20. The maximum Gasteiger partial charge on any atom is 0.266 e. The summed E-state index contributed by atoms with van der Waals surface area (Å²) in [5, 5.41) is 0.614. The fourth-order valence-corrected chi connectivity index (χ4v) is 4.67. The van der Waals surface area contributed by atoms with Gasteiger partial charge in [0, 0.05) is 24.5 Å². The first kappa shape index (κ1) is 21.1. The second-order valence-electron chi connectivity index (χ2n) is 7.43. The number of halogens is 1. The van der Waals surface area contributed by atoms with Gasteiger partial charge in [-0.3, -0.25) is 9.69 Å². The minimum Gasteiger partial charge on any atom is -0.344 e. The molecule has 1 saturated heterocycles. The summed E-state index contributed by atoms with van der Waals surface area (Å²) < 4.78 is 15.5. The molecule has 158 valence electrons. The molecule has 4 rings (SSSR count). The third kappa shape index (κ3) is 4.49. The number of hydrogen-bond donors (Lipinski definition) is 0. The largest absolute Gasteiger partial charge is 0.344 e.